The Labute approximate surface area is 105 Å². The van der Waals surface area contributed by atoms with Crippen LogP contribution in [0.2, 0.25) is 0 Å². The van der Waals surface area contributed by atoms with E-state index in [4.69, 9.17) is 11.6 Å². The number of halogens is 1. The SMILES string of the molecule is Cc1c(C)c(C)c(C(Cl)C(C)C)c(C)c1C. The van der Waals surface area contributed by atoms with Crippen molar-refractivity contribution in [1.29, 1.82) is 0 Å². The first kappa shape index (κ1) is 13.6. The summed E-state index contributed by atoms with van der Waals surface area (Å²) in [6, 6.07) is 0. The van der Waals surface area contributed by atoms with Crippen LogP contribution in [0.5, 0.6) is 0 Å². The highest BCUT2D eigenvalue weighted by Gasteiger charge is 2.20. The average Bonchev–Trinajstić information content (AvgIpc) is 2.23. The van der Waals surface area contributed by atoms with E-state index in [-0.39, 0.29) is 5.38 Å². The molecule has 0 amide bonds. The standard InChI is InChI=1S/C15H23Cl/c1-8(2)15(16)14-12(6)10(4)9(3)11(5)13(14)7/h8,15H,1-7H3. The van der Waals surface area contributed by atoms with Crippen molar-refractivity contribution in [2.75, 3.05) is 0 Å². The van der Waals surface area contributed by atoms with Crippen LogP contribution >= 0.6 is 11.6 Å². The maximum atomic E-state index is 6.55. The van der Waals surface area contributed by atoms with Crippen molar-refractivity contribution < 1.29 is 0 Å². The van der Waals surface area contributed by atoms with E-state index in [0.717, 1.165) is 0 Å². The van der Waals surface area contributed by atoms with Gasteiger partial charge in [-0.05, 0) is 73.9 Å². The van der Waals surface area contributed by atoms with E-state index >= 15 is 0 Å². The van der Waals surface area contributed by atoms with Crippen LogP contribution in [-0.2, 0) is 0 Å². The van der Waals surface area contributed by atoms with Crippen LogP contribution in [0.25, 0.3) is 0 Å². The second-order valence-corrected chi connectivity index (χ2v) is 5.65. The van der Waals surface area contributed by atoms with Crippen molar-refractivity contribution in [1.82, 2.24) is 0 Å². The van der Waals surface area contributed by atoms with Crippen LogP contribution in [0.15, 0.2) is 0 Å². The van der Waals surface area contributed by atoms with Crippen molar-refractivity contribution >= 4 is 11.6 Å². The quantitative estimate of drug-likeness (QED) is 0.624. The molecule has 90 valence electrons. The van der Waals surface area contributed by atoms with Gasteiger partial charge in [-0.15, -0.1) is 11.6 Å². The predicted molar refractivity (Wildman–Crippen MR) is 73.6 cm³/mol. The lowest BCUT2D eigenvalue weighted by Crippen LogP contribution is -2.08. The third-order valence-electron chi connectivity index (χ3n) is 3.92. The average molecular weight is 239 g/mol. The van der Waals surface area contributed by atoms with Gasteiger partial charge in [0.1, 0.15) is 0 Å². The molecule has 0 N–H and O–H groups in total. The fourth-order valence-electron chi connectivity index (χ4n) is 2.28. The predicted octanol–water partition coefficient (Wildman–Crippen LogP) is 5.16. The Morgan fingerprint density at radius 3 is 1.31 bits per heavy atom. The third-order valence-corrected chi connectivity index (χ3v) is 4.64. The summed E-state index contributed by atoms with van der Waals surface area (Å²) in [5.41, 5.74) is 8.28. The zero-order valence-electron chi connectivity index (χ0n) is 11.5. The van der Waals surface area contributed by atoms with E-state index in [0.29, 0.717) is 5.92 Å². The number of hydrogen-bond acceptors (Lipinski definition) is 0. The molecule has 16 heavy (non-hydrogen) atoms. The summed E-state index contributed by atoms with van der Waals surface area (Å²) in [4.78, 5) is 0. The van der Waals surface area contributed by atoms with Gasteiger partial charge in [0, 0.05) is 0 Å². The number of hydrogen-bond donors (Lipinski definition) is 0. The summed E-state index contributed by atoms with van der Waals surface area (Å²) in [6.07, 6.45) is 0. The Morgan fingerprint density at radius 2 is 1.00 bits per heavy atom. The summed E-state index contributed by atoms with van der Waals surface area (Å²) < 4.78 is 0. The van der Waals surface area contributed by atoms with Gasteiger partial charge in [-0.3, -0.25) is 0 Å². The first-order valence-electron chi connectivity index (χ1n) is 5.99. The minimum Gasteiger partial charge on any atom is -0.118 e. The van der Waals surface area contributed by atoms with E-state index in [9.17, 15) is 0 Å². The highest BCUT2D eigenvalue weighted by molar-refractivity contribution is 6.21. The molecule has 0 fully saturated rings. The topological polar surface area (TPSA) is 0 Å². The lowest BCUT2D eigenvalue weighted by atomic mass is 9.86. The largest absolute Gasteiger partial charge is 0.118 e. The first-order chi connectivity index (χ1) is 7.29. The molecule has 0 radical (unpaired) electrons. The second-order valence-electron chi connectivity index (χ2n) is 5.18. The van der Waals surface area contributed by atoms with Gasteiger partial charge in [0.25, 0.3) is 0 Å². The molecular formula is C15H23Cl. The summed E-state index contributed by atoms with van der Waals surface area (Å²) in [5, 5.41) is 0.123. The first-order valence-corrected chi connectivity index (χ1v) is 6.43. The van der Waals surface area contributed by atoms with Gasteiger partial charge in [0.05, 0.1) is 5.38 Å². The second kappa shape index (κ2) is 4.79. The van der Waals surface area contributed by atoms with Gasteiger partial charge in [-0.25, -0.2) is 0 Å². The highest BCUT2D eigenvalue weighted by atomic mass is 35.5. The van der Waals surface area contributed by atoms with Crippen LogP contribution in [0.1, 0.15) is 52.6 Å². The maximum absolute atomic E-state index is 6.55. The molecule has 1 heteroatoms. The molecule has 0 spiro atoms. The molecule has 1 aromatic carbocycles. The van der Waals surface area contributed by atoms with Crippen LogP contribution in [-0.4, -0.2) is 0 Å². The van der Waals surface area contributed by atoms with Gasteiger partial charge in [0.15, 0.2) is 0 Å². The number of benzene rings is 1. The summed E-state index contributed by atoms with van der Waals surface area (Å²) in [7, 11) is 0. The van der Waals surface area contributed by atoms with Crippen molar-refractivity contribution in [3.8, 4) is 0 Å². The lowest BCUT2D eigenvalue weighted by molar-refractivity contribution is 0.618. The Morgan fingerprint density at radius 1 is 0.688 bits per heavy atom. The van der Waals surface area contributed by atoms with Gasteiger partial charge in [0.2, 0.25) is 0 Å². The molecule has 1 rings (SSSR count). The molecule has 0 heterocycles. The lowest BCUT2D eigenvalue weighted by Gasteiger charge is -2.24. The van der Waals surface area contributed by atoms with Crippen LogP contribution in [0.4, 0.5) is 0 Å². The number of alkyl halides is 1. The minimum absolute atomic E-state index is 0.123. The third kappa shape index (κ3) is 2.13. The molecule has 0 aliphatic heterocycles. The van der Waals surface area contributed by atoms with Crippen LogP contribution in [0.3, 0.4) is 0 Å². The Hall–Kier alpha value is -0.490. The molecule has 1 unspecified atom stereocenters. The monoisotopic (exact) mass is 238 g/mol. The molecule has 1 atom stereocenters. The van der Waals surface area contributed by atoms with Crippen molar-refractivity contribution in [2.45, 2.75) is 53.8 Å². The Bertz CT molecular complexity index is 373. The van der Waals surface area contributed by atoms with Gasteiger partial charge < -0.3 is 0 Å². The fourth-order valence-corrected chi connectivity index (χ4v) is 2.60. The van der Waals surface area contributed by atoms with Crippen LogP contribution < -0.4 is 0 Å². The van der Waals surface area contributed by atoms with Gasteiger partial charge >= 0.3 is 0 Å². The molecule has 0 bridgehead atoms. The van der Waals surface area contributed by atoms with Crippen molar-refractivity contribution in [3.05, 3.63) is 33.4 Å². The maximum Gasteiger partial charge on any atom is 0.0613 e. The molecule has 0 aromatic heterocycles. The minimum atomic E-state index is 0.123. The van der Waals surface area contributed by atoms with E-state index in [1.165, 1.54) is 33.4 Å². The summed E-state index contributed by atoms with van der Waals surface area (Å²) >= 11 is 6.55. The van der Waals surface area contributed by atoms with E-state index in [2.05, 4.69) is 48.5 Å². The number of rotatable bonds is 2. The van der Waals surface area contributed by atoms with Gasteiger partial charge in [-0.2, -0.15) is 0 Å². The van der Waals surface area contributed by atoms with E-state index in [1.54, 1.807) is 0 Å². The normalized spacial score (nSPS) is 13.3. The van der Waals surface area contributed by atoms with E-state index < -0.39 is 0 Å². The smallest absolute Gasteiger partial charge is 0.0613 e. The Balaban J connectivity index is 3.51. The van der Waals surface area contributed by atoms with Gasteiger partial charge in [-0.1, -0.05) is 13.8 Å². The van der Waals surface area contributed by atoms with Crippen molar-refractivity contribution in [2.24, 2.45) is 5.92 Å². The molecule has 0 nitrogen and oxygen atoms in total. The van der Waals surface area contributed by atoms with E-state index in [1.807, 2.05) is 0 Å². The molecule has 0 saturated carbocycles. The molecule has 1 aromatic rings. The molecular weight excluding hydrogens is 216 g/mol. The van der Waals surface area contributed by atoms with Crippen LogP contribution in [0, 0.1) is 40.5 Å². The highest BCUT2D eigenvalue weighted by Crippen LogP contribution is 2.37. The molecule has 0 aliphatic carbocycles. The zero-order valence-corrected chi connectivity index (χ0v) is 12.3. The molecule has 0 aliphatic rings. The summed E-state index contributed by atoms with van der Waals surface area (Å²) in [5.74, 6) is 0.473. The molecule has 0 saturated heterocycles. The van der Waals surface area contributed by atoms with Crippen molar-refractivity contribution in [3.63, 3.8) is 0 Å². The summed E-state index contributed by atoms with van der Waals surface area (Å²) in [6.45, 7) is 15.4. The Kier molecular flexibility index (Phi) is 4.07. The fraction of sp³-hybridized carbons (Fsp3) is 0.600. The zero-order chi connectivity index (χ0) is 12.6.